The van der Waals surface area contributed by atoms with Gasteiger partial charge in [-0.15, -0.1) is 16.4 Å². The molecule has 0 aliphatic heterocycles. The summed E-state index contributed by atoms with van der Waals surface area (Å²) < 4.78 is 1.70. The summed E-state index contributed by atoms with van der Waals surface area (Å²) in [5.74, 6) is 0.773. The van der Waals surface area contributed by atoms with E-state index in [1.54, 1.807) is 15.9 Å². The quantitative estimate of drug-likeness (QED) is 0.532. The van der Waals surface area contributed by atoms with Crippen molar-refractivity contribution in [1.29, 1.82) is 0 Å². The largest absolute Gasteiger partial charge is 0.217 e. The van der Waals surface area contributed by atoms with E-state index in [0.717, 1.165) is 27.3 Å². The molecule has 0 atom stereocenters. The van der Waals surface area contributed by atoms with Crippen molar-refractivity contribution in [3.63, 3.8) is 0 Å². The molecule has 3 heterocycles. The first-order chi connectivity index (χ1) is 9.33. The van der Waals surface area contributed by atoms with Crippen molar-refractivity contribution in [2.45, 2.75) is 6.92 Å². The topological polar surface area (TPSA) is 56.0 Å². The maximum atomic E-state index is 4.71. The molecule has 0 unspecified atom stereocenters. The van der Waals surface area contributed by atoms with Gasteiger partial charge >= 0.3 is 0 Å². The van der Waals surface area contributed by atoms with Gasteiger partial charge in [0.15, 0.2) is 11.5 Å². The van der Waals surface area contributed by atoms with E-state index in [-0.39, 0.29) is 0 Å². The van der Waals surface area contributed by atoms with Crippen LogP contribution in [0.1, 0.15) is 4.88 Å². The van der Waals surface area contributed by atoms with Crippen molar-refractivity contribution in [3.8, 4) is 11.4 Å². The Hall–Kier alpha value is -2.34. The molecule has 92 valence electrons. The summed E-state index contributed by atoms with van der Waals surface area (Å²) in [5, 5.41) is 12.9. The Bertz CT molecular complexity index is 878. The van der Waals surface area contributed by atoms with Gasteiger partial charge in [-0.2, -0.15) is 4.52 Å². The van der Waals surface area contributed by atoms with Crippen LogP contribution in [0.15, 0.2) is 36.4 Å². The predicted octanol–water partition coefficient (Wildman–Crippen LogP) is 2.71. The van der Waals surface area contributed by atoms with Crippen LogP contribution in [0.3, 0.4) is 0 Å². The lowest BCUT2D eigenvalue weighted by molar-refractivity contribution is 0.819. The summed E-state index contributed by atoms with van der Waals surface area (Å²) in [7, 11) is 0. The average molecular weight is 267 g/mol. The summed E-state index contributed by atoms with van der Waals surface area (Å²) in [6.07, 6.45) is 0. The van der Waals surface area contributed by atoms with Gasteiger partial charge in [-0.05, 0) is 23.4 Å². The van der Waals surface area contributed by atoms with E-state index in [1.165, 1.54) is 4.88 Å². The van der Waals surface area contributed by atoms with Gasteiger partial charge in [-0.25, -0.2) is 4.98 Å². The van der Waals surface area contributed by atoms with Crippen LogP contribution in [0.5, 0.6) is 0 Å². The smallest absolute Gasteiger partial charge is 0.191 e. The van der Waals surface area contributed by atoms with Gasteiger partial charge in [-0.1, -0.05) is 30.3 Å². The molecule has 0 radical (unpaired) electrons. The molecule has 5 nitrogen and oxygen atoms in total. The van der Waals surface area contributed by atoms with Gasteiger partial charge in [0, 0.05) is 10.4 Å². The molecule has 4 aromatic rings. The maximum absolute atomic E-state index is 4.71. The highest BCUT2D eigenvalue weighted by Crippen LogP contribution is 2.29. The molecule has 0 fully saturated rings. The highest BCUT2D eigenvalue weighted by Gasteiger charge is 2.14. The second-order valence-corrected chi connectivity index (χ2v) is 5.53. The minimum atomic E-state index is 0.758. The normalized spacial score (nSPS) is 11.4. The summed E-state index contributed by atoms with van der Waals surface area (Å²) in [5.41, 5.74) is 1.76. The standard InChI is InChI=1S/C13H9N5S/c1-8-7-10-12-15-16-17-18(12)11(14-13(10)19-8)9-5-3-2-4-6-9/h2-7H,1H3. The van der Waals surface area contributed by atoms with Crippen LogP contribution >= 0.6 is 11.3 Å². The Morgan fingerprint density at radius 3 is 2.84 bits per heavy atom. The van der Waals surface area contributed by atoms with Crippen LogP contribution in [0.4, 0.5) is 0 Å². The van der Waals surface area contributed by atoms with Crippen LogP contribution in [0.25, 0.3) is 27.3 Å². The van der Waals surface area contributed by atoms with Gasteiger partial charge in [0.1, 0.15) is 4.83 Å². The van der Waals surface area contributed by atoms with E-state index in [1.807, 2.05) is 30.3 Å². The van der Waals surface area contributed by atoms with E-state index < -0.39 is 0 Å². The zero-order valence-electron chi connectivity index (χ0n) is 10.1. The third-order valence-corrected chi connectivity index (χ3v) is 3.93. The summed E-state index contributed by atoms with van der Waals surface area (Å²) >= 11 is 1.66. The van der Waals surface area contributed by atoms with Crippen LogP contribution < -0.4 is 0 Å². The van der Waals surface area contributed by atoms with Gasteiger partial charge in [-0.3, -0.25) is 0 Å². The van der Waals surface area contributed by atoms with Gasteiger partial charge in [0.2, 0.25) is 0 Å². The molecular formula is C13H9N5S. The third-order valence-electron chi connectivity index (χ3n) is 2.99. The molecule has 0 saturated heterocycles. The number of thiophene rings is 1. The molecule has 1 aromatic carbocycles. The van der Waals surface area contributed by atoms with Crippen molar-refractivity contribution in [1.82, 2.24) is 25.0 Å². The molecule has 6 heteroatoms. The third kappa shape index (κ3) is 1.53. The average Bonchev–Trinajstić information content (AvgIpc) is 3.03. The van der Waals surface area contributed by atoms with Crippen LogP contribution in [-0.4, -0.2) is 25.0 Å². The van der Waals surface area contributed by atoms with E-state index in [9.17, 15) is 0 Å². The van der Waals surface area contributed by atoms with Crippen LogP contribution in [0, 0.1) is 6.92 Å². The Morgan fingerprint density at radius 2 is 2.00 bits per heavy atom. The highest BCUT2D eigenvalue weighted by atomic mass is 32.1. The monoisotopic (exact) mass is 267 g/mol. The minimum Gasteiger partial charge on any atom is -0.217 e. The lowest BCUT2D eigenvalue weighted by Crippen LogP contribution is -1.97. The molecule has 0 aliphatic rings. The molecule has 0 amide bonds. The Balaban J connectivity index is 2.16. The second kappa shape index (κ2) is 3.83. The van der Waals surface area contributed by atoms with Gasteiger partial charge in [0.05, 0.1) is 5.39 Å². The number of aromatic nitrogens is 5. The Labute approximate surface area is 112 Å². The van der Waals surface area contributed by atoms with Crippen molar-refractivity contribution in [3.05, 3.63) is 41.3 Å². The molecule has 0 aliphatic carbocycles. The number of tetrazole rings is 1. The van der Waals surface area contributed by atoms with Crippen molar-refractivity contribution in [2.24, 2.45) is 0 Å². The Kier molecular flexibility index (Phi) is 2.13. The fraction of sp³-hybridized carbons (Fsp3) is 0.0769. The molecular weight excluding hydrogens is 258 g/mol. The van der Waals surface area contributed by atoms with E-state index in [4.69, 9.17) is 4.98 Å². The lowest BCUT2D eigenvalue weighted by Gasteiger charge is -2.02. The second-order valence-electron chi connectivity index (χ2n) is 4.29. The summed E-state index contributed by atoms with van der Waals surface area (Å²) in [6, 6.07) is 12.0. The lowest BCUT2D eigenvalue weighted by atomic mass is 10.2. The number of fused-ring (bicyclic) bond motifs is 3. The summed E-state index contributed by atoms with van der Waals surface area (Å²) in [6.45, 7) is 2.06. The van der Waals surface area contributed by atoms with Gasteiger partial charge < -0.3 is 0 Å². The molecule has 0 saturated carbocycles. The zero-order valence-corrected chi connectivity index (χ0v) is 10.9. The fourth-order valence-corrected chi connectivity index (χ4v) is 3.03. The number of rotatable bonds is 1. The van der Waals surface area contributed by atoms with E-state index >= 15 is 0 Å². The number of benzene rings is 1. The number of nitrogens with zero attached hydrogens (tertiary/aromatic N) is 5. The minimum absolute atomic E-state index is 0.758. The van der Waals surface area contributed by atoms with E-state index in [2.05, 4.69) is 28.5 Å². The molecule has 3 aromatic heterocycles. The molecule has 0 spiro atoms. The number of hydrogen-bond donors (Lipinski definition) is 0. The molecule has 19 heavy (non-hydrogen) atoms. The predicted molar refractivity (Wildman–Crippen MR) is 74.1 cm³/mol. The first-order valence-electron chi connectivity index (χ1n) is 5.86. The van der Waals surface area contributed by atoms with Crippen LogP contribution in [-0.2, 0) is 0 Å². The number of hydrogen-bond acceptors (Lipinski definition) is 5. The van der Waals surface area contributed by atoms with Crippen LogP contribution in [0.2, 0.25) is 0 Å². The first kappa shape index (κ1) is 10.6. The SMILES string of the molecule is Cc1cc2c(nc(-c3ccccc3)n3nnnc23)s1. The molecule has 4 rings (SSSR count). The fourth-order valence-electron chi connectivity index (χ4n) is 2.16. The number of aryl methyl sites for hydroxylation is 1. The summed E-state index contributed by atoms with van der Waals surface area (Å²) in [4.78, 5) is 6.88. The van der Waals surface area contributed by atoms with Crippen molar-refractivity contribution in [2.75, 3.05) is 0 Å². The van der Waals surface area contributed by atoms with Crippen molar-refractivity contribution >= 4 is 27.2 Å². The zero-order chi connectivity index (χ0) is 12.8. The van der Waals surface area contributed by atoms with E-state index in [0.29, 0.717) is 0 Å². The molecule has 0 N–H and O–H groups in total. The molecule has 0 bridgehead atoms. The first-order valence-corrected chi connectivity index (χ1v) is 6.68. The maximum Gasteiger partial charge on any atom is 0.191 e. The van der Waals surface area contributed by atoms with Crippen molar-refractivity contribution < 1.29 is 0 Å². The van der Waals surface area contributed by atoms with Gasteiger partial charge in [0.25, 0.3) is 0 Å². The Morgan fingerprint density at radius 1 is 1.16 bits per heavy atom. The highest BCUT2D eigenvalue weighted by molar-refractivity contribution is 7.18.